The molecule has 2 heterocycles. The van der Waals surface area contributed by atoms with Gasteiger partial charge in [0.25, 0.3) is 11.8 Å². The Balaban J connectivity index is 1.05. The van der Waals surface area contributed by atoms with E-state index in [4.69, 9.17) is 0 Å². The Hall–Kier alpha value is -2.83. The van der Waals surface area contributed by atoms with Gasteiger partial charge in [-0.05, 0) is 93.7 Å². The molecule has 5 rings (SSSR count). The van der Waals surface area contributed by atoms with Crippen LogP contribution in [0.4, 0.5) is 0 Å². The second-order valence-corrected chi connectivity index (χ2v) is 12.5. The van der Waals surface area contributed by atoms with Crippen LogP contribution in [0, 0.1) is 23.7 Å². The highest BCUT2D eigenvalue weighted by atomic mass is 16.2. The molecule has 3 fully saturated rings. The number of ketones is 1. The highest BCUT2D eigenvalue weighted by molar-refractivity contribution is 6.23. The first-order chi connectivity index (χ1) is 18.8. The van der Waals surface area contributed by atoms with Crippen molar-refractivity contribution in [1.29, 1.82) is 0 Å². The number of piperidine rings is 1. The van der Waals surface area contributed by atoms with Gasteiger partial charge in [0.1, 0.15) is 11.8 Å². The van der Waals surface area contributed by atoms with Gasteiger partial charge in [0.15, 0.2) is 0 Å². The van der Waals surface area contributed by atoms with Crippen molar-refractivity contribution in [2.45, 2.75) is 109 Å². The number of rotatable bonds is 9. The SMILES string of the molecule is CC(=O)C1CCC(CCCCC2CCC(Cc3ccc4c(c3)C(=O)N(C3CCC(=O)NC3=O)C4=O)CC2)CC1. The van der Waals surface area contributed by atoms with Crippen LogP contribution in [0.15, 0.2) is 18.2 Å². The van der Waals surface area contributed by atoms with Gasteiger partial charge in [-0.1, -0.05) is 44.6 Å². The maximum atomic E-state index is 13.1. The summed E-state index contributed by atoms with van der Waals surface area (Å²) >= 11 is 0. The molecular formula is C32H42N2O5. The fourth-order valence-electron chi connectivity index (χ4n) is 7.43. The van der Waals surface area contributed by atoms with Crippen molar-refractivity contribution in [3.05, 3.63) is 34.9 Å². The zero-order chi connectivity index (χ0) is 27.5. The van der Waals surface area contributed by atoms with Crippen molar-refractivity contribution in [2.24, 2.45) is 23.7 Å². The molecule has 0 bridgehead atoms. The molecule has 1 aromatic carbocycles. The largest absolute Gasteiger partial charge is 0.300 e. The molecule has 1 unspecified atom stereocenters. The van der Waals surface area contributed by atoms with Crippen molar-refractivity contribution in [3.63, 3.8) is 0 Å². The lowest BCUT2D eigenvalue weighted by Crippen LogP contribution is -2.54. The summed E-state index contributed by atoms with van der Waals surface area (Å²) in [5.74, 6) is 1.11. The van der Waals surface area contributed by atoms with E-state index in [-0.39, 0.29) is 18.7 Å². The third-order valence-corrected chi connectivity index (χ3v) is 9.89. The second-order valence-electron chi connectivity index (χ2n) is 12.5. The van der Waals surface area contributed by atoms with Crippen molar-refractivity contribution < 1.29 is 24.0 Å². The van der Waals surface area contributed by atoms with Crippen LogP contribution in [0.2, 0.25) is 0 Å². The number of nitrogens with zero attached hydrogens (tertiary/aromatic N) is 1. The van der Waals surface area contributed by atoms with E-state index in [0.717, 1.165) is 41.6 Å². The van der Waals surface area contributed by atoms with E-state index >= 15 is 0 Å². The molecule has 0 radical (unpaired) electrons. The van der Waals surface area contributed by atoms with E-state index in [9.17, 15) is 24.0 Å². The van der Waals surface area contributed by atoms with E-state index in [2.05, 4.69) is 5.32 Å². The Morgan fingerprint density at radius 1 is 0.795 bits per heavy atom. The van der Waals surface area contributed by atoms with Gasteiger partial charge in [0, 0.05) is 12.3 Å². The molecule has 0 aromatic heterocycles. The third-order valence-electron chi connectivity index (χ3n) is 9.89. The maximum absolute atomic E-state index is 13.1. The van der Waals surface area contributed by atoms with Crippen molar-refractivity contribution in [2.75, 3.05) is 0 Å². The van der Waals surface area contributed by atoms with Crippen LogP contribution < -0.4 is 5.32 Å². The number of benzene rings is 1. The smallest absolute Gasteiger partial charge is 0.262 e. The van der Waals surface area contributed by atoms with Gasteiger partial charge in [0.05, 0.1) is 11.1 Å². The number of unbranched alkanes of at least 4 members (excludes halogenated alkanes) is 1. The fourth-order valence-corrected chi connectivity index (χ4v) is 7.43. The summed E-state index contributed by atoms with van der Waals surface area (Å²) in [7, 11) is 0. The summed E-state index contributed by atoms with van der Waals surface area (Å²) in [6.45, 7) is 1.74. The fraction of sp³-hybridized carbons (Fsp3) is 0.656. The number of hydrogen-bond donors (Lipinski definition) is 1. The maximum Gasteiger partial charge on any atom is 0.262 e. The summed E-state index contributed by atoms with van der Waals surface area (Å²) in [5.41, 5.74) is 1.80. The van der Waals surface area contributed by atoms with Crippen molar-refractivity contribution in [1.82, 2.24) is 10.2 Å². The van der Waals surface area contributed by atoms with Crippen molar-refractivity contribution >= 4 is 29.4 Å². The Bertz CT molecular complexity index is 1130. The minimum atomic E-state index is -0.921. The summed E-state index contributed by atoms with van der Waals surface area (Å²) in [5, 5.41) is 2.24. The molecule has 2 aliphatic carbocycles. The molecule has 2 aliphatic heterocycles. The molecule has 1 aromatic rings. The van der Waals surface area contributed by atoms with Crippen LogP contribution in [0.25, 0.3) is 0 Å². The Kier molecular flexibility index (Phi) is 8.63. The average Bonchev–Trinajstić information content (AvgIpc) is 3.17. The van der Waals surface area contributed by atoms with E-state index in [1.807, 2.05) is 12.1 Å². The Morgan fingerprint density at radius 3 is 2.00 bits per heavy atom. The molecule has 210 valence electrons. The lowest BCUT2D eigenvalue weighted by atomic mass is 9.76. The molecule has 7 nitrogen and oxygen atoms in total. The predicted molar refractivity (Wildman–Crippen MR) is 147 cm³/mol. The molecule has 2 saturated carbocycles. The van der Waals surface area contributed by atoms with E-state index < -0.39 is 23.8 Å². The van der Waals surface area contributed by atoms with Crippen LogP contribution in [0.3, 0.4) is 0 Å². The zero-order valence-corrected chi connectivity index (χ0v) is 23.2. The Labute approximate surface area is 231 Å². The quantitative estimate of drug-likeness (QED) is 0.338. The highest BCUT2D eigenvalue weighted by Crippen LogP contribution is 2.36. The Morgan fingerprint density at radius 2 is 1.38 bits per heavy atom. The van der Waals surface area contributed by atoms with Crippen LogP contribution >= 0.6 is 0 Å². The standard InChI is InChI=1S/C32H42N2O5/c1-20(35)25-13-10-22(11-14-25)5-3-2-4-21-6-8-23(9-7-21)18-24-12-15-26-27(19-24)32(39)34(31(26)38)28-16-17-29(36)33-30(28)37/h12,15,19,21-23,25,28H,2-11,13-14,16-18H2,1H3,(H,33,36,37). The van der Waals surface area contributed by atoms with Gasteiger partial charge >= 0.3 is 0 Å². The first kappa shape index (κ1) is 27.7. The predicted octanol–water partition coefficient (Wildman–Crippen LogP) is 5.39. The molecule has 0 spiro atoms. The number of imide groups is 2. The molecule has 4 amide bonds. The number of amides is 4. The lowest BCUT2D eigenvalue weighted by Gasteiger charge is -2.29. The van der Waals surface area contributed by atoms with Gasteiger partial charge in [0.2, 0.25) is 11.8 Å². The van der Waals surface area contributed by atoms with Crippen LogP contribution in [-0.2, 0) is 20.8 Å². The zero-order valence-electron chi connectivity index (χ0n) is 23.2. The number of carbonyl (C=O) groups is 5. The molecule has 4 aliphatic rings. The number of fused-ring (bicyclic) bond motifs is 1. The first-order valence-electron chi connectivity index (χ1n) is 15.1. The second kappa shape index (κ2) is 12.1. The molecule has 39 heavy (non-hydrogen) atoms. The van der Waals surface area contributed by atoms with Crippen LogP contribution in [0.5, 0.6) is 0 Å². The third kappa shape index (κ3) is 6.33. The average molecular weight is 535 g/mol. The van der Waals surface area contributed by atoms with E-state index in [0.29, 0.717) is 28.7 Å². The topological polar surface area (TPSA) is 101 Å². The van der Waals surface area contributed by atoms with Gasteiger partial charge in [-0.25, -0.2) is 0 Å². The summed E-state index contributed by atoms with van der Waals surface area (Å²) < 4.78 is 0. The van der Waals surface area contributed by atoms with Crippen LogP contribution in [-0.4, -0.2) is 40.4 Å². The minimum absolute atomic E-state index is 0.126. The number of carbonyl (C=O) groups excluding carboxylic acids is 5. The minimum Gasteiger partial charge on any atom is -0.300 e. The van der Waals surface area contributed by atoms with E-state index in [1.165, 1.54) is 64.2 Å². The summed E-state index contributed by atoms with van der Waals surface area (Å²) in [6.07, 6.45) is 16.0. The summed E-state index contributed by atoms with van der Waals surface area (Å²) in [6, 6.07) is 4.61. The number of nitrogens with one attached hydrogen (secondary N) is 1. The first-order valence-corrected chi connectivity index (χ1v) is 15.1. The number of hydrogen-bond acceptors (Lipinski definition) is 5. The molecule has 1 atom stereocenters. The van der Waals surface area contributed by atoms with Crippen molar-refractivity contribution in [3.8, 4) is 0 Å². The molecule has 1 N–H and O–H groups in total. The molecule has 7 heteroatoms. The molecule has 1 saturated heterocycles. The summed E-state index contributed by atoms with van der Waals surface area (Å²) in [4.78, 5) is 62.4. The van der Waals surface area contributed by atoms with Gasteiger partial charge in [-0.15, -0.1) is 0 Å². The monoisotopic (exact) mass is 534 g/mol. The lowest BCUT2D eigenvalue weighted by molar-refractivity contribution is -0.136. The van der Waals surface area contributed by atoms with Gasteiger partial charge in [-0.3, -0.25) is 34.2 Å². The van der Waals surface area contributed by atoms with E-state index in [1.54, 1.807) is 13.0 Å². The number of Topliss-reactive ketones (excluding diaryl/α,β-unsaturated/α-hetero) is 1. The van der Waals surface area contributed by atoms with Gasteiger partial charge in [-0.2, -0.15) is 0 Å². The molecular weight excluding hydrogens is 492 g/mol. The normalized spacial score (nSPS) is 29.4. The highest BCUT2D eigenvalue weighted by Gasteiger charge is 2.44. The van der Waals surface area contributed by atoms with Gasteiger partial charge < -0.3 is 0 Å². The van der Waals surface area contributed by atoms with Crippen LogP contribution in [0.1, 0.15) is 123 Å².